The highest BCUT2D eigenvalue weighted by atomic mass is 19.4. The molecule has 0 atom stereocenters. The fraction of sp³-hybridized carbons (Fsp3) is 0.533. The fourth-order valence-electron chi connectivity index (χ4n) is 2.32. The van der Waals surface area contributed by atoms with Crippen LogP contribution in [0.5, 0.6) is 0 Å². The molecule has 0 amide bonds. The van der Waals surface area contributed by atoms with Crippen molar-refractivity contribution < 1.29 is 13.2 Å². The van der Waals surface area contributed by atoms with Crippen molar-refractivity contribution in [2.45, 2.75) is 38.9 Å². The molecule has 2 aromatic rings. The van der Waals surface area contributed by atoms with E-state index in [9.17, 15) is 13.2 Å². The second-order valence-electron chi connectivity index (χ2n) is 6.54. The van der Waals surface area contributed by atoms with Gasteiger partial charge in [0.15, 0.2) is 0 Å². The van der Waals surface area contributed by atoms with Crippen molar-refractivity contribution in [1.29, 1.82) is 0 Å². The molecule has 0 aliphatic carbocycles. The number of aromatic nitrogens is 2. The summed E-state index contributed by atoms with van der Waals surface area (Å²) in [7, 11) is 3.85. The second kappa shape index (κ2) is 5.02. The van der Waals surface area contributed by atoms with E-state index in [4.69, 9.17) is 0 Å². The third kappa shape index (κ3) is 3.20. The summed E-state index contributed by atoms with van der Waals surface area (Å²) >= 11 is 0. The van der Waals surface area contributed by atoms with E-state index < -0.39 is 11.7 Å². The van der Waals surface area contributed by atoms with Crippen LogP contribution < -0.4 is 0 Å². The molecule has 21 heavy (non-hydrogen) atoms. The van der Waals surface area contributed by atoms with Gasteiger partial charge in [0.25, 0.3) is 0 Å². The van der Waals surface area contributed by atoms with Crippen LogP contribution >= 0.6 is 0 Å². The first-order chi connectivity index (χ1) is 9.50. The third-order valence-corrected chi connectivity index (χ3v) is 3.23. The smallest absolute Gasteiger partial charge is 0.304 e. The summed E-state index contributed by atoms with van der Waals surface area (Å²) in [4.78, 5) is 6.43. The molecule has 0 aromatic carbocycles. The highest BCUT2D eigenvalue weighted by molar-refractivity contribution is 5.48. The van der Waals surface area contributed by atoms with Crippen LogP contribution in [0.15, 0.2) is 18.3 Å². The van der Waals surface area contributed by atoms with Gasteiger partial charge in [0.05, 0.1) is 17.0 Å². The van der Waals surface area contributed by atoms with Crippen molar-refractivity contribution >= 4 is 5.65 Å². The van der Waals surface area contributed by atoms with Crippen molar-refractivity contribution in [3.05, 3.63) is 35.3 Å². The Hall–Kier alpha value is -1.56. The number of halogens is 3. The van der Waals surface area contributed by atoms with Gasteiger partial charge >= 0.3 is 6.18 Å². The predicted molar refractivity (Wildman–Crippen MR) is 76.3 cm³/mol. The van der Waals surface area contributed by atoms with Crippen LogP contribution in [-0.4, -0.2) is 28.4 Å². The van der Waals surface area contributed by atoms with E-state index in [0.717, 1.165) is 23.5 Å². The molecule has 0 aliphatic heterocycles. The SMILES string of the molecule is CN(C)Cc1c(C(C)(C)C)nc2cc(C(F)(F)F)ccn12. The molecule has 2 heterocycles. The highest BCUT2D eigenvalue weighted by Gasteiger charge is 2.32. The van der Waals surface area contributed by atoms with E-state index >= 15 is 0 Å². The molecule has 0 spiro atoms. The van der Waals surface area contributed by atoms with Gasteiger partial charge < -0.3 is 9.30 Å². The Morgan fingerprint density at radius 3 is 2.29 bits per heavy atom. The lowest BCUT2D eigenvalue weighted by molar-refractivity contribution is -0.137. The summed E-state index contributed by atoms with van der Waals surface area (Å²) < 4.78 is 40.2. The van der Waals surface area contributed by atoms with Crippen molar-refractivity contribution in [2.75, 3.05) is 14.1 Å². The van der Waals surface area contributed by atoms with E-state index in [1.807, 2.05) is 39.8 Å². The first-order valence-electron chi connectivity index (χ1n) is 6.73. The van der Waals surface area contributed by atoms with E-state index in [1.54, 1.807) is 4.40 Å². The number of imidazole rings is 1. The van der Waals surface area contributed by atoms with Gasteiger partial charge in [-0.15, -0.1) is 0 Å². The lowest BCUT2D eigenvalue weighted by atomic mass is 9.90. The Bertz CT molecular complexity index is 648. The summed E-state index contributed by atoms with van der Waals surface area (Å²) in [6.45, 7) is 6.66. The minimum absolute atomic E-state index is 0.226. The van der Waals surface area contributed by atoms with E-state index in [2.05, 4.69) is 4.98 Å². The quantitative estimate of drug-likeness (QED) is 0.842. The van der Waals surface area contributed by atoms with Gasteiger partial charge in [-0.1, -0.05) is 20.8 Å². The van der Waals surface area contributed by atoms with Crippen LogP contribution in [-0.2, 0) is 18.1 Å². The second-order valence-corrected chi connectivity index (χ2v) is 6.54. The highest BCUT2D eigenvalue weighted by Crippen LogP contribution is 2.32. The summed E-state index contributed by atoms with van der Waals surface area (Å²) in [5.74, 6) is 0. The molecule has 0 radical (unpaired) electrons. The maximum atomic E-state index is 12.8. The van der Waals surface area contributed by atoms with E-state index in [-0.39, 0.29) is 5.41 Å². The maximum Gasteiger partial charge on any atom is 0.416 e. The fourth-order valence-corrected chi connectivity index (χ4v) is 2.32. The molecule has 116 valence electrons. The topological polar surface area (TPSA) is 20.5 Å². The Kier molecular flexibility index (Phi) is 3.78. The average Bonchev–Trinajstić information content (AvgIpc) is 2.65. The zero-order valence-corrected chi connectivity index (χ0v) is 12.9. The van der Waals surface area contributed by atoms with Gasteiger partial charge in [0, 0.05) is 18.2 Å². The molecule has 0 bridgehead atoms. The van der Waals surface area contributed by atoms with Gasteiger partial charge in [-0.3, -0.25) is 0 Å². The lowest BCUT2D eigenvalue weighted by Gasteiger charge is -2.19. The summed E-state index contributed by atoms with van der Waals surface area (Å²) in [5.41, 5.74) is 1.20. The number of hydrogen-bond donors (Lipinski definition) is 0. The molecule has 6 heteroatoms. The van der Waals surface area contributed by atoms with Crippen molar-refractivity contribution in [3.8, 4) is 0 Å². The van der Waals surface area contributed by atoms with Crippen LogP contribution in [0.3, 0.4) is 0 Å². The number of rotatable bonds is 2. The van der Waals surface area contributed by atoms with Gasteiger partial charge in [-0.05, 0) is 26.2 Å². The normalized spacial score (nSPS) is 13.4. The van der Waals surface area contributed by atoms with Crippen molar-refractivity contribution in [2.24, 2.45) is 0 Å². The first-order valence-corrected chi connectivity index (χ1v) is 6.73. The molecular formula is C15H20F3N3. The maximum absolute atomic E-state index is 12.8. The zero-order valence-electron chi connectivity index (χ0n) is 12.9. The predicted octanol–water partition coefficient (Wildman–Crippen LogP) is 3.71. The number of hydrogen-bond acceptors (Lipinski definition) is 2. The Morgan fingerprint density at radius 2 is 1.81 bits per heavy atom. The molecule has 3 nitrogen and oxygen atoms in total. The lowest BCUT2D eigenvalue weighted by Crippen LogP contribution is -2.19. The first kappa shape index (κ1) is 15.8. The molecule has 0 fully saturated rings. The van der Waals surface area contributed by atoms with Gasteiger partial charge in [0.2, 0.25) is 0 Å². The monoisotopic (exact) mass is 299 g/mol. The number of fused-ring (bicyclic) bond motifs is 1. The van der Waals surface area contributed by atoms with E-state index in [1.165, 1.54) is 6.20 Å². The Morgan fingerprint density at radius 1 is 1.19 bits per heavy atom. The molecule has 2 rings (SSSR count). The van der Waals surface area contributed by atoms with Crippen molar-refractivity contribution in [1.82, 2.24) is 14.3 Å². The molecule has 0 unspecified atom stereocenters. The standard InChI is InChI=1S/C15H20F3N3/c1-14(2,3)13-11(9-20(4)5)21-7-6-10(15(16,17)18)8-12(21)19-13/h6-8H,9H2,1-5H3. The van der Waals surface area contributed by atoms with Crippen LogP contribution in [0.4, 0.5) is 13.2 Å². The van der Waals surface area contributed by atoms with Crippen LogP contribution in [0.1, 0.15) is 37.7 Å². The zero-order chi connectivity index (χ0) is 16.0. The largest absolute Gasteiger partial charge is 0.416 e. The molecule has 0 aliphatic rings. The summed E-state index contributed by atoms with van der Waals surface area (Å²) in [5, 5.41) is 0. The molecular weight excluding hydrogens is 279 g/mol. The molecule has 0 N–H and O–H groups in total. The van der Waals surface area contributed by atoms with E-state index in [0.29, 0.717) is 12.2 Å². The summed E-state index contributed by atoms with van der Waals surface area (Å²) in [6, 6.07) is 2.20. The minimum atomic E-state index is -4.35. The summed E-state index contributed by atoms with van der Waals surface area (Å²) in [6.07, 6.45) is -2.89. The van der Waals surface area contributed by atoms with Crippen LogP contribution in [0.25, 0.3) is 5.65 Å². The van der Waals surface area contributed by atoms with Crippen molar-refractivity contribution in [3.63, 3.8) is 0 Å². The van der Waals surface area contributed by atoms with Crippen LogP contribution in [0, 0.1) is 0 Å². The number of alkyl halides is 3. The minimum Gasteiger partial charge on any atom is -0.304 e. The Balaban J connectivity index is 2.67. The van der Waals surface area contributed by atoms with Gasteiger partial charge in [-0.25, -0.2) is 4.98 Å². The van der Waals surface area contributed by atoms with Gasteiger partial charge in [-0.2, -0.15) is 13.2 Å². The number of pyridine rings is 1. The third-order valence-electron chi connectivity index (χ3n) is 3.23. The molecule has 0 saturated carbocycles. The number of nitrogens with zero attached hydrogens (tertiary/aromatic N) is 3. The molecule has 2 aromatic heterocycles. The van der Waals surface area contributed by atoms with Crippen LogP contribution in [0.2, 0.25) is 0 Å². The van der Waals surface area contributed by atoms with Gasteiger partial charge in [0.1, 0.15) is 5.65 Å². The molecule has 0 saturated heterocycles. The Labute approximate surface area is 122 Å². The average molecular weight is 299 g/mol.